The summed E-state index contributed by atoms with van der Waals surface area (Å²) in [5.41, 5.74) is 4.12. The summed E-state index contributed by atoms with van der Waals surface area (Å²) >= 11 is 5.98. The molecule has 0 heterocycles. The minimum Gasteiger partial charge on any atom is -0.452 e. The van der Waals surface area contributed by atoms with Crippen molar-refractivity contribution in [3.8, 4) is 11.1 Å². The van der Waals surface area contributed by atoms with Crippen LogP contribution in [0.2, 0.25) is 5.02 Å². The summed E-state index contributed by atoms with van der Waals surface area (Å²) in [6.45, 7) is 1.65. The van der Waals surface area contributed by atoms with E-state index in [1.807, 2.05) is 43.3 Å². The van der Waals surface area contributed by atoms with Crippen molar-refractivity contribution in [1.29, 1.82) is 0 Å². The molecule has 0 aliphatic carbocycles. The molecule has 3 aromatic carbocycles. The van der Waals surface area contributed by atoms with Gasteiger partial charge in [-0.05, 0) is 42.3 Å². The first-order valence-corrected chi connectivity index (χ1v) is 8.79. The number of hydrogen-bond donors (Lipinski definition) is 1. The number of ether oxygens (including phenoxy) is 1. The molecule has 0 saturated carbocycles. The van der Waals surface area contributed by atoms with E-state index < -0.39 is 11.9 Å². The molecule has 1 N–H and O–H groups in total. The number of nitrogens with one attached hydrogen (secondary N) is 1. The van der Waals surface area contributed by atoms with Crippen molar-refractivity contribution in [2.24, 2.45) is 0 Å². The molecule has 0 spiro atoms. The average Bonchev–Trinajstić information content (AvgIpc) is 2.69. The summed E-state index contributed by atoms with van der Waals surface area (Å²) in [6.07, 6.45) is 0. The highest BCUT2D eigenvalue weighted by Gasteiger charge is 2.11. The Hall–Kier alpha value is -3.11. The van der Waals surface area contributed by atoms with Gasteiger partial charge in [-0.2, -0.15) is 0 Å². The number of carbonyl (C=O) groups excluding carboxylic acids is 2. The molecule has 0 unspecified atom stereocenters. The maximum Gasteiger partial charge on any atom is 0.338 e. The number of hydrogen-bond acceptors (Lipinski definition) is 3. The van der Waals surface area contributed by atoms with E-state index in [0.717, 1.165) is 11.1 Å². The molecular weight excluding hydrogens is 362 g/mol. The SMILES string of the molecule is Cc1ccc(-c2ccc(C(=O)OCC(=O)Nc3ccccc3Cl)cc2)cc1. The lowest BCUT2D eigenvalue weighted by molar-refractivity contribution is -0.119. The molecule has 27 heavy (non-hydrogen) atoms. The van der Waals surface area contributed by atoms with Gasteiger partial charge in [0.2, 0.25) is 0 Å². The number of para-hydroxylation sites is 1. The molecule has 136 valence electrons. The van der Waals surface area contributed by atoms with E-state index in [1.165, 1.54) is 5.56 Å². The van der Waals surface area contributed by atoms with E-state index in [0.29, 0.717) is 16.3 Å². The number of benzene rings is 3. The molecule has 3 rings (SSSR count). The van der Waals surface area contributed by atoms with Crippen LogP contribution in [0.3, 0.4) is 0 Å². The molecule has 0 aromatic heterocycles. The van der Waals surface area contributed by atoms with E-state index in [-0.39, 0.29) is 6.61 Å². The predicted octanol–water partition coefficient (Wildman–Crippen LogP) is 5.11. The standard InChI is InChI=1S/C22H18ClNO3/c1-15-6-8-16(9-7-15)17-10-12-18(13-11-17)22(26)27-14-21(25)24-20-5-3-2-4-19(20)23/h2-13H,14H2,1H3,(H,24,25). The maximum absolute atomic E-state index is 12.1. The van der Waals surface area contributed by atoms with Gasteiger partial charge in [0.15, 0.2) is 6.61 Å². The molecule has 1 amide bonds. The van der Waals surface area contributed by atoms with Crippen LogP contribution in [0, 0.1) is 6.92 Å². The van der Waals surface area contributed by atoms with Gasteiger partial charge < -0.3 is 10.1 Å². The van der Waals surface area contributed by atoms with Crippen molar-refractivity contribution in [3.63, 3.8) is 0 Å². The van der Waals surface area contributed by atoms with Crippen LogP contribution in [0.5, 0.6) is 0 Å². The summed E-state index contributed by atoms with van der Waals surface area (Å²) in [7, 11) is 0. The number of aryl methyl sites for hydroxylation is 1. The molecule has 0 aliphatic heterocycles. The van der Waals surface area contributed by atoms with Gasteiger partial charge in [0, 0.05) is 0 Å². The average molecular weight is 380 g/mol. The van der Waals surface area contributed by atoms with Gasteiger partial charge in [-0.1, -0.05) is 65.7 Å². The number of amides is 1. The first-order chi connectivity index (χ1) is 13.0. The molecular formula is C22H18ClNO3. The van der Waals surface area contributed by atoms with Crippen molar-refractivity contribution in [3.05, 3.63) is 88.9 Å². The quantitative estimate of drug-likeness (QED) is 0.626. The molecule has 4 nitrogen and oxygen atoms in total. The Morgan fingerprint density at radius 3 is 2.11 bits per heavy atom. The summed E-state index contributed by atoms with van der Waals surface area (Å²) in [5.74, 6) is -1.01. The fourth-order valence-electron chi connectivity index (χ4n) is 2.51. The molecule has 0 atom stereocenters. The van der Waals surface area contributed by atoms with E-state index in [2.05, 4.69) is 5.32 Å². The summed E-state index contributed by atoms with van der Waals surface area (Å²) < 4.78 is 5.07. The zero-order chi connectivity index (χ0) is 19.2. The fourth-order valence-corrected chi connectivity index (χ4v) is 2.69. The van der Waals surface area contributed by atoms with Crippen LogP contribution in [-0.2, 0) is 9.53 Å². The highest BCUT2D eigenvalue weighted by Crippen LogP contribution is 2.21. The van der Waals surface area contributed by atoms with Gasteiger partial charge in [0.05, 0.1) is 16.3 Å². The number of esters is 1. The van der Waals surface area contributed by atoms with Gasteiger partial charge in [-0.15, -0.1) is 0 Å². The monoisotopic (exact) mass is 379 g/mol. The Bertz CT molecular complexity index is 950. The number of rotatable bonds is 5. The van der Waals surface area contributed by atoms with Crippen LogP contribution >= 0.6 is 11.6 Å². The van der Waals surface area contributed by atoms with Crippen molar-refractivity contribution in [1.82, 2.24) is 0 Å². The number of halogens is 1. The highest BCUT2D eigenvalue weighted by atomic mass is 35.5. The third-order valence-electron chi connectivity index (χ3n) is 3.99. The van der Waals surface area contributed by atoms with E-state index in [1.54, 1.807) is 36.4 Å². The maximum atomic E-state index is 12.1. The Morgan fingerprint density at radius 1 is 0.889 bits per heavy atom. The summed E-state index contributed by atoms with van der Waals surface area (Å²) in [5, 5.41) is 3.02. The van der Waals surface area contributed by atoms with Crippen LogP contribution in [0.15, 0.2) is 72.8 Å². The van der Waals surface area contributed by atoms with Crippen molar-refractivity contribution in [2.75, 3.05) is 11.9 Å². The first-order valence-electron chi connectivity index (χ1n) is 8.41. The van der Waals surface area contributed by atoms with Crippen LogP contribution in [0.25, 0.3) is 11.1 Å². The van der Waals surface area contributed by atoms with Crippen molar-refractivity contribution < 1.29 is 14.3 Å². The Balaban J connectivity index is 1.57. The lowest BCUT2D eigenvalue weighted by atomic mass is 10.0. The molecule has 0 fully saturated rings. The zero-order valence-electron chi connectivity index (χ0n) is 14.7. The van der Waals surface area contributed by atoms with Crippen LogP contribution in [0.1, 0.15) is 15.9 Å². The Morgan fingerprint density at radius 2 is 1.48 bits per heavy atom. The minimum absolute atomic E-state index is 0.385. The Labute approximate surface area is 162 Å². The van der Waals surface area contributed by atoms with Gasteiger partial charge in [-0.3, -0.25) is 4.79 Å². The smallest absolute Gasteiger partial charge is 0.338 e. The van der Waals surface area contributed by atoms with E-state index in [4.69, 9.17) is 16.3 Å². The second-order valence-electron chi connectivity index (χ2n) is 6.05. The topological polar surface area (TPSA) is 55.4 Å². The normalized spacial score (nSPS) is 10.3. The third kappa shape index (κ3) is 4.96. The molecule has 0 saturated heterocycles. The third-order valence-corrected chi connectivity index (χ3v) is 4.32. The number of carbonyl (C=O) groups is 2. The van der Waals surface area contributed by atoms with Gasteiger partial charge in [-0.25, -0.2) is 4.79 Å². The molecule has 5 heteroatoms. The van der Waals surface area contributed by atoms with E-state index >= 15 is 0 Å². The summed E-state index contributed by atoms with van der Waals surface area (Å²) in [4.78, 5) is 24.1. The molecule has 0 bridgehead atoms. The van der Waals surface area contributed by atoms with Gasteiger partial charge >= 0.3 is 5.97 Å². The molecule has 0 aliphatic rings. The summed E-state index contributed by atoms with van der Waals surface area (Å²) in [6, 6.07) is 22.1. The van der Waals surface area contributed by atoms with E-state index in [9.17, 15) is 9.59 Å². The van der Waals surface area contributed by atoms with Crippen molar-refractivity contribution in [2.45, 2.75) is 6.92 Å². The van der Waals surface area contributed by atoms with Crippen LogP contribution < -0.4 is 5.32 Å². The second-order valence-corrected chi connectivity index (χ2v) is 6.45. The van der Waals surface area contributed by atoms with Crippen LogP contribution in [-0.4, -0.2) is 18.5 Å². The zero-order valence-corrected chi connectivity index (χ0v) is 15.5. The molecule has 3 aromatic rings. The fraction of sp³-hybridized carbons (Fsp3) is 0.0909. The Kier molecular flexibility index (Phi) is 5.89. The predicted molar refractivity (Wildman–Crippen MR) is 107 cm³/mol. The number of anilines is 1. The minimum atomic E-state index is -0.556. The lowest BCUT2D eigenvalue weighted by Crippen LogP contribution is -2.21. The highest BCUT2D eigenvalue weighted by molar-refractivity contribution is 6.33. The largest absolute Gasteiger partial charge is 0.452 e. The van der Waals surface area contributed by atoms with Gasteiger partial charge in [0.1, 0.15) is 0 Å². The first kappa shape index (κ1) is 18.7. The second kappa shape index (κ2) is 8.52. The van der Waals surface area contributed by atoms with Crippen molar-refractivity contribution >= 4 is 29.2 Å². The van der Waals surface area contributed by atoms with Gasteiger partial charge in [0.25, 0.3) is 5.91 Å². The van der Waals surface area contributed by atoms with Crippen LogP contribution in [0.4, 0.5) is 5.69 Å². The molecule has 0 radical (unpaired) electrons. The lowest BCUT2D eigenvalue weighted by Gasteiger charge is -2.08.